The van der Waals surface area contributed by atoms with Gasteiger partial charge in [-0.25, -0.2) is 4.79 Å². The fourth-order valence-corrected chi connectivity index (χ4v) is 4.06. The third kappa shape index (κ3) is 4.44. The largest absolute Gasteiger partial charge is 0.496 e. The second kappa shape index (κ2) is 8.70. The van der Waals surface area contributed by atoms with E-state index in [9.17, 15) is 27.9 Å². The Balaban J connectivity index is 2.49. The molecule has 0 spiro atoms. The van der Waals surface area contributed by atoms with Crippen LogP contribution in [0.3, 0.4) is 0 Å². The van der Waals surface area contributed by atoms with Crippen LogP contribution in [0.25, 0.3) is 0 Å². The van der Waals surface area contributed by atoms with E-state index in [-0.39, 0.29) is 16.9 Å². The standard InChI is InChI=1S/C23H25F3O5/c1-12-14(3)22(4,20(31-6)13(2)19(12)21(28)29)10-9-17(27)15-7-8-18(30-5)16(11-15)23(24,25)26/h7-11,20H,1-6H3,(H,28,29). The molecule has 0 heterocycles. The first kappa shape index (κ1) is 24.4. The van der Waals surface area contributed by atoms with Crippen LogP contribution >= 0.6 is 0 Å². The Morgan fingerprint density at radius 3 is 2.26 bits per heavy atom. The lowest BCUT2D eigenvalue weighted by Gasteiger charge is -2.41. The molecule has 1 aliphatic carbocycles. The van der Waals surface area contributed by atoms with Gasteiger partial charge in [-0.3, -0.25) is 4.79 Å². The van der Waals surface area contributed by atoms with Crippen LogP contribution in [0.15, 0.2) is 52.6 Å². The number of carboxylic acid groups (broad SMARTS) is 1. The molecule has 2 atom stereocenters. The molecule has 0 aliphatic heterocycles. The van der Waals surface area contributed by atoms with Gasteiger partial charge in [-0.2, -0.15) is 13.2 Å². The fourth-order valence-electron chi connectivity index (χ4n) is 4.06. The lowest BCUT2D eigenvalue weighted by Crippen LogP contribution is -2.39. The summed E-state index contributed by atoms with van der Waals surface area (Å²) in [6, 6.07) is 3.12. The number of methoxy groups -OCH3 is 2. The van der Waals surface area contributed by atoms with Gasteiger partial charge >= 0.3 is 12.1 Å². The van der Waals surface area contributed by atoms with E-state index >= 15 is 0 Å². The van der Waals surface area contributed by atoms with E-state index in [1.807, 2.05) is 0 Å². The van der Waals surface area contributed by atoms with Gasteiger partial charge in [-0.05, 0) is 63.1 Å². The number of carbonyl (C=O) groups is 2. The number of rotatable bonds is 6. The first-order chi connectivity index (χ1) is 14.3. The molecule has 1 aliphatic rings. The molecule has 1 aromatic rings. The van der Waals surface area contributed by atoms with Crippen LogP contribution < -0.4 is 4.74 Å². The zero-order valence-electron chi connectivity index (χ0n) is 18.2. The SMILES string of the molecule is COc1ccc(C(=O)C=CC2(C)C(C)=C(C)C(C(=O)O)=C(C)C2OC)cc1C(F)(F)F. The van der Waals surface area contributed by atoms with Crippen molar-refractivity contribution >= 4 is 11.8 Å². The summed E-state index contributed by atoms with van der Waals surface area (Å²) in [4.78, 5) is 24.4. The molecule has 0 saturated carbocycles. The number of aliphatic carboxylic acids is 1. The number of alkyl halides is 3. The molecule has 1 aromatic carbocycles. The third-order valence-electron chi connectivity index (χ3n) is 5.90. The number of halogens is 3. The minimum absolute atomic E-state index is 0.144. The topological polar surface area (TPSA) is 72.8 Å². The molecule has 1 N–H and O–H groups in total. The second-order valence-electron chi connectivity index (χ2n) is 7.62. The maximum absolute atomic E-state index is 13.3. The summed E-state index contributed by atoms with van der Waals surface area (Å²) in [5.74, 6) is -2.07. The summed E-state index contributed by atoms with van der Waals surface area (Å²) >= 11 is 0. The highest BCUT2D eigenvalue weighted by Crippen LogP contribution is 2.46. The van der Waals surface area contributed by atoms with Crippen LogP contribution in [0.4, 0.5) is 13.2 Å². The summed E-state index contributed by atoms with van der Waals surface area (Å²) in [6.45, 7) is 6.88. The predicted molar refractivity (Wildman–Crippen MR) is 109 cm³/mol. The first-order valence-corrected chi connectivity index (χ1v) is 9.43. The van der Waals surface area contributed by atoms with Gasteiger partial charge in [0.25, 0.3) is 0 Å². The number of carbonyl (C=O) groups excluding carboxylic acids is 1. The van der Waals surface area contributed by atoms with Crippen LogP contribution in [0, 0.1) is 5.41 Å². The molecule has 168 valence electrons. The number of allylic oxidation sites excluding steroid dienone is 1. The molecule has 0 bridgehead atoms. The van der Waals surface area contributed by atoms with Crippen molar-refractivity contribution in [1.29, 1.82) is 0 Å². The highest BCUT2D eigenvalue weighted by molar-refractivity contribution is 6.05. The minimum atomic E-state index is -4.67. The van der Waals surface area contributed by atoms with E-state index in [2.05, 4.69) is 0 Å². The second-order valence-corrected chi connectivity index (χ2v) is 7.62. The Bertz CT molecular complexity index is 1000. The molecule has 2 unspecified atom stereocenters. The van der Waals surface area contributed by atoms with Gasteiger partial charge in [-0.15, -0.1) is 0 Å². The maximum Gasteiger partial charge on any atom is 0.419 e. The average molecular weight is 438 g/mol. The highest BCUT2D eigenvalue weighted by Gasteiger charge is 2.42. The van der Waals surface area contributed by atoms with Crippen LogP contribution in [0.2, 0.25) is 0 Å². The van der Waals surface area contributed by atoms with Gasteiger partial charge in [-0.1, -0.05) is 11.6 Å². The van der Waals surface area contributed by atoms with Gasteiger partial charge in [0.15, 0.2) is 5.78 Å². The van der Waals surface area contributed by atoms with Gasteiger partial charge in [0.1, 0.15) is 5.75 Å². The van der Waals surface area contributed by atoms with Gasteiger partial charge in [0.2, 0.25) is 0 Å². The van der Waals surface area contributed by atoms with Crippen LogP contribution in [-0.4, -0.2) is 37.2 Å². The van der Waals surface area contributed by atoms with E-state index < -0.39 is 35.0 Å². The summed E-state index contributed by atoms with van der Waals surface area (Å²) in [5.41, 5.74) is -0.136. The average Bonchev–Trinajstić information content (AvgIpc) is 2.69. The number of ether oxygens (including phenoxy) is 2. The Labute approximate surface area is 178 Å². The van der Waals surface area contributed by atoms with Gasteiger partial charge in [0, 0.05) is 18.1 Å². The fraction of sp³-hybridized carbons (Fsp3) is 0.391. The quantitative estimate of drug-likeness (QED) is 0.487. The summed E-state index contributed by atoms with van der Waals surface area (Å²) in [7, 11) is 2.56. The van der Waals surface area contributed by atoms with Crippen molar-refractivity contribution in [2.24, 2.45) is 5.41 Å². The summed E-state index contributed by atoms with van der Waals surface area (Å²) in [6.07, 6.45) is -2.58. The molecule has 8 heteroatoms. The smallest absolute Gasteiger partial charge is 0.419 e. The van der Waals surface area contributed by atoms with Crippen LogP contribution in [0.1, 0.15) is 43.6 Å². The summed E-state index contributed by atoms with van der Waals surface area (Å²) < 4.78 is 50.1. The number of ketones is 1. The zero-order valence-corrected chi connectivity index (χ0v) is 18.2. The Morgan fingerprint density at radius 2 is 1.77 bits per heavy atom. The van der Waals surface area contributed by atoms with E-state index in [0.29, 0.717) is 16.7 Å². The molecule has 31 heavy (non-hydrogen) atoms. The highest BCUT2D eigenvalue weighted by atomic mass is 19.4. The normalized spacial score (nSPS) is 22.3. The van der Waals surface area contributed by atoms with E-state index in [4.69, 9.17) is 9.47 Å². The minimum Gasteiger partial charge on any atom is -0.496 e. The van der Waals surface area contributed by atoms with Crippen molar-refractivity contribution in [2.75, 3.05) is 14.2 Å². The van der Waals surface area contributed by atoms with Crippen molar-refractivity contribution in [2.45, 2.75) is 40.0 Å². The van der Waals surface area contributed by atoms with Crippen molar-refractivity contribution in [3.05, 3.63) is 63.8 Å². The van der Waals surface area contributed by atoms with Crippen molar-refractivity contribution in [1.82, 2.24) is 0 Å². The third-order valence-corrected chi connectivity index (χ3v) is 5.90. The predicted octanol–water partition coefficient (Wildman–Crippen LogP) is 5.23. The lowest BCUT2D eigenvalue weighted by molar-refractivity contribution is -0.138. The number of hydrogen-bond acceptors (Lipinski definition) is 4. The molecule has 2 rings (SSSR count). The van der Waals surface area contributed by atoms with Crippen molar-refractivity contribution in [3.8, 4) is 5.75 Å². The van der Waals surface area contributed by atoms with Gasteiger partial charge < -0.3 is 14.6 Å². The first-order valence-electron chi connectivity index (χ1n) is 9.43. The molecule has 5 nitrogen and oxygen atoms in total. The lowest BCUT2D eigenvalue weighted by atomic mass is 9.67. The number of carboxylic acids is 1. The molecule has 0 radical (unpaired) electrons. The Morgan fingerprint density at radius 1 is 1.16 bits per heavy atom. The van der Waals surface area contributed by atoms with Crippen LogP contribution in [-0.2, 0) is 15.7 Å². The number of benzene rings is 1. The Hall–Kier alpha value is -2.87. The summed E-state index contributed by atoms with van der Waals surface area (Å²) in [5, 5.41) is 9.56. The van der Waals surface area contributed by atoms with E-state index in [1.165, 1.54) is 19.3 Å². The molecular formula is C23H25F3O5. The monoisotopic (exact) mass is 438 g/mol. The molecular weight excluding hydrogens is 413 g/mol. The van der Waals surface area contributed by atoms with Crippen LogP contribution in [0.5, 0.6) is 5.75 Å². The van der Waals surface area contributed by atoms with Crippen molar-refractivity contribution < 1.29 is 37.3 Å². The zero-order chi connectivity index (χ0) is 23.7. The molecule has 0 amide bonds. The number of hydrogen-bond donors (Lipinski definition) is 1. The Kier molecular flexibility index (Phi) is 6.85. The molecule has 0 aromatic heterocycles. The maximum atomic E-state index is 13.3. The van der Waals surface area contributed by atoms with E-state index in [0.717, 1.165) is 19.2 Å². The molecule has 0 saturated heterocycles. The molecule has 0 fully saturated rings. The van der Waals surface area contributed by atoms with E-state index in [1.54, 1.807) is 33.8 Å². The van der Waals surface area contributed by atoms with Crippen molar-refractivity contribution in [3.63, 3.8) is 0 Å². The van der Waals surface area contributed by atoms with Gasteiger partial charge in [0.05, 0.1) is 24.4 Å².